The molecule has 0 aromatic heterocycles. The quantitative estimate of drug-likeness (QED) is 0.0820. The first-order valence-electron chi connectivity index (χ1n) is 15.7. The molecule has 9 heteroatoms. The molecule has 1 aliphatic carbocycles. The molecule has 6 rings (SSSR count). The minimum absolute atomic E-state index is 0.187. The van der Waals surface area contributed by atoms with Crippen LogP contribution in [0.1, 0.15) is 44.5 Å². The Hall–Kier alpha value is -5.12. The number of nitrogens with one attached hydrogen (secondary N) is 1. The molecule has 0 spiro atoms. The molecule has 0 radical (unpaired) electrons. The zero-order chi connectivity index (χ0) is 34.8. The molecule has 0 bridgehead atoms. The van der Waals surface area contributed by atoms with E-state index >= 15 is 0 Å². The van der Waals surface area contributed by atoms with Gasteiger partial charge in [-0.25, -0.2) is 4.99 Å². The fourth-order valence-corrected chi connectivity index (χ4v) is 7.20. The second-order valence-electron chi connectivity index (χ2n) is 12.6. The van der Waals surface area contributed by atoms with Gasteiger partial charge in [0.1, 0.15) is 16.2 Å². The predicted molar refractivity (Wildman–Crippen MR) is 196 cm³/mol. The van der Waals surface area contributed by atoms with Gasteiger partial charge in [-0.1, -0.05) is 18.2 Å². The summed E-state index contributed by atoms with van der Waals surface area (Å²) < 4.78 is 42.0. The standard InChI is InChI=1S/C39H40N4O4S/c1-19-23(5)38(24(6)20(2)36(19)40)42-27-13-15-29-32(17-27)47-33-18-28(43-39-25(7)21(3)37(41)22(4)26(39)8)14-16-30(33)35(29)31-11-9-10-12-34(31)48(44,45)46/h9-18,42H,40-41H2,1-8H3,(H,44,45,46). The highest BCUT2D eigenvalue weighted by Crippen LogP contribution is 2.43. The van der Waals surface area contributed by atoms with E-state index in [1.54, 1.807) is 18.2 Å². The van der Waals surface area contributed by atoms with Crippen LogP contribution in [0, 0.1) is 55.4 Å². The van der Waals surface area contributed by atoms with Crippen molar-refractivity contribution < 1.29 is 17.4 Å². The summed E-state index contributed by atoms with van der Waals surface area (Å²) in [6, 6.07) is 17.8. The molecule has 4 aromatic carbocycles. The number of nitrogens with two attached hydrogens (primary N) is 2. The van der Waals surface area contributed by atoms with Gasteiger partial charge in [0, 0.05) is 57.0 Å². The smallest absolute Gasteiger partial charge is 0.295 e. The number of nitrogens with zero attached hydrogens (tertiary/aromatic N) is 1. The van der Waals surface area contributed by atoms with Crippen LogP contribution < -0.4 is 22.1 Å². The minimum atomic E-state index is -4.54. The lowest BCUT2D eigenvalue weighted by Gasteiger charge is -2.21. The molecule has 6 N–H and O–H groups in total. The number of rotatable bonds is 5. The van der Waals surface area contributed by atoms with Crippen LogP contribution in [0.3, 0.4) is 0 Å². The molecule has 246 valence electrons. The molecule has 0 saturated heterocycles. The summed E-state index contributed by atoms with van der Waals surface area (Å²) in [6.45, 7) is 16.1. The average Bonchev–Trinajstić information content (AvgIpc) is 3.06. The first-order chi connectivity index (χ1) is 22.6. The van der Waals surface area contributed by atoms with Gasteiger partial charge in [0.05, 0.1) is 11.0 Å². The number of fused-ring (bicyclic) bond motifs is 2. The second-order valence-corrected chi connectivity index (χ2v) is 14.0. The van der Waals surface area contributed by atoms with Crippen LogP contribution in [0.5, 0.6) is 0 Å². The Labute approximate surface area is 281 Å². The van der Waals surface area contributed by atoms with Crippen molar-refractivity contribution in [2.45, 2.75) is 60.3 Å². The van der Waals surface area contributed by atoms with Gasteiger partial charge in [-0.15, -0.1) is 0 Å². The second kappa shape index (κ2) is 11.8. The molecule has 0 unspecified atom stereocenters. The van der Waals surface area contributed by atoms with Crippen LogP contribution in [0.4, 0.5) is 28.4 Å². The Morgan fingerprint density at radius 3 is 1.88 bits per heavy atom. The van der Waals surface area contributed by atoms with Crippen molar-refractivity contribution in [3.05, 3.63) is 111 Å². The third-order valence-corrected chi connectivity index (χ3v) is 10.9. The SMILES string of the molecule is Cc1c(C)c(N=c2ccc3c(-c4ccccc4S(=O)(=O)O)c4ccc(Nc5c(C)c(C)c(N)c(C)c5C)cc4oc-3c2)c(C)c(C)c1N. The lowest BCUT2D eigenvalue weighted by atomic mass is 9.93. The largest absolute Gasteiger partial charge is 0.456 e. The number of hydrogen-bond acceptors (Lipinski definition) is 7. The van der Waals surface area contributed by atoms with Gasteiger partial charge in [-0.3, -0.25) is 4.55 Å². The van der Waals surface area contributed by atoms with Crippen LogP contribution in [-0.2, 0) is 10.1 Å². The molecule has 1 heterocycles. The summed E-state index contributed by atoms with van der Waals surface area (Å²) in [5, 5.41) is 4.93. The summed E-state index contributed by atoms with van der Waals surface area (Å²) in [5.74, 6) is 0.506. The van der Waals surface area contributed by atoms with Gasteiger partial charge in [0.25, 0.3) is 10.1 Å². The Bertz CT molecular complexity index is 2400. The van der Waals surface area contributed by atoms with E-state index in [0.29, 0.717) is 38.8 Å². The third-order valence-electron chi connectivity index (χ3n) is 9.98. The predicted octanol–water partition coefficient (Wildman–Crippen LogP) is 9.06. The van der Waals surface area contributed by atoms with E-state index in [2.05, 4.69) is 5.32 Å². The van der Waals surface area contributed by atoms with Crippen molar-refractivity contribution in [1.29, 1.82) is 0 Å². The molecule has 0 saturated carbocycles. The maximum Gasteiger partial charge on any atom is 0.295 e. The number of anilines is 4. The van der Waals surface area contributed by atoms with Gasteiger partial charge >= 0.3 is 0 Å². The van der Waals surface area contributed by atoms with Crippen LogP contribution >= 0.6 is 0 Å². The highest BCUT2D eigenvalue weighted by Gasteiger charge is 2.24. The molecular formula is C39H40N4O4S. The maximum atomic E-state index is 12.6. The molecule has 0 amide bonds. The Balaban J connectivity index is 1.64. The third kappa shape index (κ3) is 5.38. The first-order valence-corrected chi connectivity index (χ1v) is 17.1. The summed E-state index contributed by atoms with van der Waals surface area (Å²) >= 11 is 0. The molecular weight excluding hydrogens is 621 g/mol. The van der Waals surface area contributed by atoms with Gasteiger partial charge in [-0.05, 0) is 130 Å². The zero-order valence-corrected chi connectivity index (χ0v) is 29.3. The van der Waals surface area contributed by atoms with Crippen molar-refractivity contribution >= 4 is 49.5 Å². The Kier molecular flexibility index (Phi) is 8.09. The van der Waals surface area contributed by atoms with E-state index in [4.69, 9.17) is 20.9 Å². The van der Waals surface area contributed by atoms with Crippen molar-refractivity contribution in [3.63, 3.8) is 0 Å². The Morgan fingerprint density at radius 1 is 0.688 bits per heavy atom. The van der Waals surface area contributed by atoms with Crippen molar-refractivity contribution in [2.24, 2.45) is 4.99 Å². The molecule has 0 fully saturated rings. The summed E-state index contributed by atoms with van der Waals surface area (Å²) in [6.07, 6.45) is 0. The molecule has 2 aliphatic rings. The lowest BCUT2D eigenvalue weighted by Crippen LogP contribution is -2.06. The van der Waals surface area contributed by atoms with Gasteiger partial charge in [-0.2, -0.15) is 8.42 Å². The monoisotopic (exact) mass is 660 g/mol. The van der Waals surface area contributed by atoms with E-state index in [1.165, 1.54) is 6.07 Å². The van der Waals surface area contributed by atoms with Gasteiger partial charge in [0.2, 0.25) is 0 Å². The fourth-order valence-electron chi connectivity index (χ4n) is 6.51. The summed E-state index contributed by atoms with van der Waals surface area (Å²) in [7, 11) is -4.54. The topological polar surface area (TPSA) is 144 Å². The number of nitrogen functional groups attached to an aromatic ring is 2. The van der Waals surface area contributed by atoms with Gasteiger partial charge in [0.15, 0.2) is 0 Å². The molecule has 8 nitrogen and oxygen atoms in total. The average molecular weight is 661 g/mol. The fraction of sp³-hybridized carbons (Fsp3) is 0.205. The minimum Gasteiger partial charge on any atom is -0.456 e. The lowest BCUT2D eigenvalue weighted by molar-refractivity contribution is 0.483. The highest BCUT2D eigenvalue weighted by molar-refractivity contribution is 7.86. The van der Waals surface area contributed by atoms with E-state index in [9.17, 15) is 13.0 Å². The van der Waals surface area contributed by atoms with Gasteiger partial charge < -0.3 is 21.2 Å². The molecule has 48 heavy (non-hydrogen) atoms. The van der Waals surface area contributed by atoms with E-state index in [0.717, 1.165) is 72.9 Å². The molecule has 0 atom stereocenters. The van der Waals surface area contributed by atoms with Crippen LogP contribution in [0.25, 0.3) is 33.4 Å². The highest BCUT2D eigenvalue weighted by atomic mass is 32.2. The van der Waals surface area contributed by atoms with Crippen LogP contribution in [0.15, 0.2) is 75.0 Å². The maximum absolute atomic E-state index is 12.6. The first kappa shape index (κ1) is 32.8. The van der Waals surface area contributed by atoms with E-state index in [-0.39, 0.29) is 4.90 Å². The number of benzene rings is 5. The summed E-state index contributed by atoms with van der Waals surface area (Å²) in [4.78, 5) is 4.85. The summed E-state index contributed by atoms with van der Waals surface area (Å²) in [5.41, 5.74) is 27.2. The zero-order valence-electron chi connectivity index (χ0n) is 28.5. The van der Waals surface area contributed by atoms with E-state index in [1.807, 2.05) is 91.8 Å². The van der Waals surface area contributed by atoms with Crippen molar-refractivity contribution in [3.8, 4) is 22.5 Å². The molecule has 1 aliphatic heterocycles. The number of hydrogen-bond donors (Lipinski definition) is 4. The molecule has 4 aromatic rings. The normalized spacial score (nSPS) is 12.3. The van der Waals surface area contributed by atoms with Crippen LogP contribution in [-0.4, -0.2) is 13.0 Å². The van der Waals surface area contributed by atoms with Crippen LogP contribution in [0.2, 0.25) is 0 Å². The van der Waals surface area contributed by atoms with E-state index < -0.39 is 10.1 Å². The Morgan fingerprint density at radius 2 is 1.27 bits per heavy atom. The van der Waals surface area contributed by atoms with Crippen molar-refractivity contribution in [1.82, 2.24) is 0 Å². The van der Waals surface area contributed by atoms with Crippen molar-refractivity contribution in [2.75, 3.05) is 16.8 Å².